The van der Waals surface area contributed by atoms with Gasteiger partial charge in [0.05, 0.1) is 22.3 Å². The number of esters is 1. The smallest absolute Gasteiger partial charge is 0.338 e. The van der Waals surface area contributed by atoms with Crippen LogP contribution in [0.25, 0.3) is 0 Å². The zero-order valence-electron chi connectivity index (χ0n) is 16.3. The van der Waals surface area contributed by atoms with Gasteiger partial charge in [-0.25, -0.2) is 9.78 Å². The molecule has 148 valence electrons. The predicted octanol–water partition coefficient (Wildman–Crippen LogP) is 3.24. The lowest BCUT2D eigenvalue weighted by Crippen LogP contribution is -2.50. The Kier molecular flexibility index (Phi) is 7.12. The van der Waals surface area contributed by atoms with E-state index < -0.39 is 24.0 Å². The Morgan fingerprint density at radius 3 is 2.54 bits per heavy atom. The maximum atomic E-state index is 12.1. The predicted molar refractivity (Wildman–Crippen MR) is 105 cm³/mol. The number of amides is 1. The molecule has 0 bridgehead atoms. The maximum Gasteiger partial charge on any atom is 0.338 e. The van der Waals surface area contributed by atoms with Crippen LogP contribution in [0.2, 0.25) is 0 Å². The van der Waals surface area contributed by atoms with Crippen LogP contribution in [0.3, 0.4) is 0 Å². The summed E-state index contributed by atoms with van der Waals surface area (Å²) in [5.74, 6) is -0.635. The first-order valence-electron chi connectivity index (χ1n) is 8.77. The fourth-order valence-electron chi connectivity index (χ4n) is 2.16. The van der Waals surface area contributed by atoms with Crippen LogP contribution in [0, 0.1) is 24.2 Å². The summed E-state index contributed by atoms with van der Waals surface area (Å²) >= 11 is 1.56. The first-order chi connectivity index (χ1) is 13.2. The van der Waals surface area contributed by atoms with Crippen LogP contribution in [0.5, 0.6) is 5.75 Å². The number of hydrogen-bond acceptors (Lipinski definition) is 7. The van der Waals surface area contributed by atoms with Gasteiger partial charge in [0.1, 0.15) is 17.9 Å². The van der Waals surface area contributed by atoms with Crippen LogP contribution in [-0.4, -0.2) is 29.0 Å². The number of benzene rings is 1. The summed E-state index contributed by atoms with van der Waals surface area (Å²) in [6.45, 7) is 7.11. The highest BCUT2D eigenvalue weighted by Gasteiger charge is 2.30. The number of aromatic nitrogens is 1. The van der Waals surface area contributed by atoms with Gasteiger partial charge in [0.15, 0.2) is 6.61 Å². The Morgan fingerprint density at radius 1 is 1.32 bits per heavy atom. The molecule has 1 heterocycles. The quantitative estimate of drug-likeness (QED) is 0.682. The average Bonchev–Trinajstić information content (AvgIpc) is 3.09. The summed E-state index contributed by atoms with van der Waals surface area (Å²) in [5.41, 5.74) is 0.137. The van der Waals surface area contributed by atoms with E-state index in [2.05, 4.69) is 16.4 Å². The number of carbonyl (C=O) groups excluding carboxylic acids is 2. The van der Waals surface area contributed by atoms with Gasteiger partial charge in [-0.1, -0.05) is 13.8 Å². The number of nitriles is 1. The van der Waals surface area contributed by atoms with E-state index in [9.17, 15) is 14.9 Å². The molecule has 0 aliphatic heterocycles. The van der Waals surface area contributed by atoms with Crippen LogP contribution in [0.1, 0.15) is 41.8 Å². The third-order valence-corrected chi connectivity index (χ3v) is 5.09. The molecular formula is C20H23N3O4S. The molecule has 28 heavy (non-hydrogen) atoms. The first kappa shape index (κ1) is 21.4. The van der Waals surface area contributed by atoms with Gasteiger partial charge in [0.25, 0.3) is 5.91 Å². The first-order valence-corrected chi connectivity index (χ1v) is 9.64. The Labute approximate surface area is 168 Å². The third-order valence-electron chi connectivity index (χ3n) is 4.26. The molecule has 0 aliphatic rings. The number of carbonyl (C=O) groups is 2. The van der Waals surface area contributed by atoms with Gasteiger partial charge < -0.3 is 14.8 Å². The van der Waals surface area contributed by atoms with E-state index in [1.54, 1.807) is 42.5 Å². The highest BCUT2D eigenvalue weighted by molar-refractivity contribution is 7.09. The number of nitrogens with one attached hydrogen (secondary N) is 1. The van der Waals surface area contributed by atoms with E-state index in [1.165, 1.54) is 0 Å². The van der Waals surface area contributed by atoms with Crippen molar-refractivity contribution in [1.29, 1.82) is 5.26 Å². The molecule has 0 fully saturated rings. The van der Waals surface area contributed by atoms with Crippen molar-refractivity contribution in [3.05, 3.63) is 45.9 Å². The molecule has 1 N–H and O–H groups in total. The van der Waals surface area contributed by atoms with Crippen molar-refractivity contribution in [3.8, 4) is 11.8 Å². The second kappa shape index (κ2) is 9.33. The van der Waals surface area contributed by atoms with Crippen molar-refractivity contribution in [2.75, 3.05) is 6.61 Å². The van der Waals surface area contributed by atoms with Gasteiger partial charge in [-0.05, 0) is 44.0 Å². The highest BCUT2D eigenvalue weighted by Crippen LogP contribution is 2.17. The molecule has 2 aromatic rings. The number of ether oxygens (including phenoxy) is 2. The summed E-state index contributed by atoms with van der Waals surface area (Å²) in [5, 5.41) is 14.7. The summed E-state index contributed by atoms with van der Waals surface area (Å²) in [6.07, 6.45) is 0. The van der Waals surface area contributed by atoms with Crippen molar-refractivity contribution >= 4 is 23.2 Å². The number of hydrogen-bond donors (Lipinski definition) is 1. The Morgan fingerprint density at radius 2 is 2.00 bits per heavy atom. The monoisotopic (exact) mass is 401 g/mol. The number of thiazole rings is 1. The van der Waals surface area contributed by atoms with Crippen LogP contribution >= 0.6 is 11.3 Å². The largest absolute Gasteiger partial charge is 0.487 e. The van der Waals surface area contributed by atoms with Gasteiger partial charge in [-0.2, -0.15) is 5.26 Å². The molecule has 0 saturated heterocycles. The fraction of sp³-hybridized carbons (Fsp3) is 0.400. The summed E-state index contributed by atoms with van der Waals surface area (Å²) in [6, 6.07) is 8.51. The normalized spacial score (nSPS) is 12.7. The van der Waals surface area contributed by atoms with Gasteiger partial charge in [0.2, 0.25) is 0 Å². The van der Waals surface area contributed by atoms with Crippen molar-refractivity contribution < 1.29 is 19.1 Å². The van der Waals surface area contributed by atoms with Gasteiger partial charge >= 0.3 is 5.97 Å². The zero-order valence-corrected chi connectivity index (χ0v) is 17.1. The van der Waals surface area contributed by atoms with E-state index in [-0.39, 0.29) is 5.92 Å². The Hall–Kier alpha value is -2.92. The van der Waals surface area contributed by atoms with Gasteiger partial charge in [-0.15, -0.1) is 11.3 Å². The lowest BCUT2D eigenvalue weighted by Gasteiger charge is -2.27. The minimum atomic E-state index is -1.02. The maximum absolute atomic E-state index is 12.1. The molecule has 0 unspecified atom stereocenters. The van der Waals surface area contributed by atoms with Gasteiger partial charge in [0, 0.05) is 5.38 Å². The summed E-state index contributed by atoms with van der Waals surface area (Å²) < 4.78 is 10.6. The summed E-state index contributed by atoms with van der Waals surface area (Å²) in [4.78, 5) is 28.4. The zero-order chi connectivity index (χ0) is 20.7. The van der Waals surface area contributed by atoms with E-state index in [4.69, 9.17) is 9.47 Å². The number of nitrogens with zero attached hydrogens (tertiary/aromatic N) is 2. The SMILES string of the molecule is Cc1nc(COc2ccc(C(=O)OCC(=O)N[C@](C)(C#N)C(C)C)cc2)cs1. The minimum Gasteiger partial charge on any atom is -0.487 e. The minimum absolute atomic E-state index is 0.0853. The van der Waals surface area contributed by atoms with Crippen molar-refractivity contribution in [1.82, 2.24) is 10.3 Å². The van der Waals surface area contributed by atoms with Gasteiger partial charge in [-0.3, -0.25) is 4.79 Å². The van der Waals surface area contributed by atoms with Crippen LogP contribution in [0.15, 0.2) is 29.6 Å². The molecule has 7 nitrogen and oxygen atoms in total. The Balaban J connectivity index is 1.84. The molecular weight excluding hydrogens is 378 g/mol. The van der Waals surface area contributed by atoms with Crippen LogP contribution in [-0.2, 0) is 16.1 Å². The van der Waals surface area contributed by atoms with Crippen LogP contribution in [0.4, 0.5) is 0 Å². The second-order valence-corrected chi connectivity index (χ2v) is 7.83. The van der Waals surface area contributed by atoms with E-state index in [0.29, 0.717) is 17.9 Å². The molecule has 0 aliphatic carbocycles. The molecule has 0 saturated carbocycles. The lowest BCUT2D eigenvalue weighted by molar-refractivity contribution is -0.125. The standard InChI is InChI=1S/C20H23N3O4S/c1-13(2)20(4,12-21)23-18(24)10-27-19(25)15-5-7-17(8-6-15)26-9-16-11-28-14(3)22-16/h5-8,11,13H,9-10H2,1-4H3,(H,23,24)/t20-/m1/s1. The van der Waals surface area contributed by atoms with Crippen molar-refractivity contribution in [2.45, 2.75) is 39.8 Å². The van der Waals surface area contributed by atoms with Crippen LogP contribution < -0.4 is 10.1 Å². The number of aryl methyl sites for hydroxylation is 1. The molecule has 1 amide bonds. The van der Waals surface area contributed by atoms with Crippen molar-refractivity contribution in [2.24, 2.45) is 5.92 Å². The second-order valence-electron chi connectivity index (χ2n) is 6.76. The molecule has 0 spiro atoms. The fourth-order valence-corrected chi connectivity index (χ4v) is 2.76. The number of rotatable bonds is 8. The van der Waals surface area contributed by atoms with E-state index in [1.807, 2.05) is 26.2 Å². The van der Waals surface area contributed by atoms with E-state index >= 15 is 0 Å². The molecule has 1 aromatic carbocycles. The molecule has 8 heteroatoms. The summed E-state index contributed by atoms with van der Waals surface area (Å²) in [7, 11) is 0. The molecule has 2 rings (SSSR count). The molecule has 1 atom stereocenters. The van der Waals surface area contributed by atoms with Crippen molar-refractivity contribution in [3.63, 3.8) is 0 Å². The average molecular weight is 401 g/mol. The topological polar surface area (TPSA) is 101 Å². The third kappa shape index (κ3) is 5.79. The lowest BCUT2D eigenvalue weighted by atomic mass is 9.90. The molecule has 1 aromatic heterocycles. The molecule has 0 radical (unpaired) electrons. The Bertz CT molecular complexity index is 870. The van der Waals surface area contributed by atoms with E-state index in [0.717, 1.165) is 10.7 Å². The highest BCUT2D eigenvalue weighted by atomic mass is 32.1.